The Morgan fingerprint density at radius 2 is 2.05 bits per heavy atom. The van der Waals surface area contributed by atoms with Crippen LogP contribution in [0.5, 0.6) is 0 Å². The summed E-state index contributed by atoms with van der Waals surface area (Å²) in [6.07, 6.45) is 1.86. The Morgan fingerprint density at radius 3 is 2.71 bits per heavy atom. The van der Waals surface area contributed by atoms with E-state index in [4.69, 9.17) is 0 Å². The van der Waals surface area contributed by atoms with Gasteiger partial charge in [-0.2, -0.15) is 0 Å². The molecule has 1 aromatic carbocycles. The first-order valence-electron chi connectivity index (χ1n) is 6.99. The molecule has 1 aromatic heterocycles. The van der Waals surface area contributed by atoms with E-state index in [1.54, 1.807) is 4.57 Å². The van der Waals surface area contributed by atoms with Crippen LogP contribution < -0.4 is 16.2 Å². The van der Waals surface area contributed by atoms with E-state index in [0.29, 0.717) is 6.54 Å². The molecule has 3 rings (SSSR count). The van der Waals surface area contributed by atoms with E-state index in [0.717, 1.165) is 23.2 Å². The third-order valence-electron chi connectivity index (χ3n) is 4.03. The molecule has 1 aliphatic rings. The Hall–Kier alpha value is -1.43. The van der Waals surface area contributed by atoms with Gasteiger partial charge in [-0.05, 0) is 30.7 Å². The summed E-state index contributed by atoms with van der Waals surface area (Å²) >= 11 is 3.47. The highest BCUT2D eigenvalue weighted by Gasteiger charge is 2.35. The van der Waals surface area contributed by atoms with Crippen molar-refractivity contribution in [1.29, 1.82) is 0 Å². The zero-order valence-corrected chi connectivity index (χ0v) is 13.5. The Kier molecular flexibility index (Phi) is 3.97. The van der Waals surface area contributed by atoms with E-state index in [-0.39, 0.29) is 11.1 Å². The maximum absolute atomic E-state index is 12.3. The van der Waals surface area contributed by atoms with Gasteiger partial charge in [0.1, 0.15) is 0 Å². The van der Waals surface area contributed by atoms with Gasteiger partial charge >= 0.3 is 0 Å². The number of pyridine rings is 1. The molecule has 1 atom stereocenters. The van der Waals surface area contributed by atoms with E-state index in [1.165, 1.54) is 5.56 Å². The Balaban J connectivity index is 2.00. The smallest absolute Gasteiger partial charge is 0.253 e. The highest BCUT2D eigenvalue weighted by molar-refractivity contribution is 9.10. The average Bonchev–Trinajstić information content (AvgIpc) is 2.94. The van der Waals surface area contributed by atoms with Crippen molar-refractivity contribution in [1.82, 2.24) is 15.2 Å². The van der Waals surface area contributed by atoms with Gasteiger partial charge < -0.3 is 9.88 Å². The summed E-state index contributed by atoms with van der Waals surface area (Å²) in [6.45, 7) is 4.01. The minimum absolute atomic E-state index is 0.0719. The van der Waals surface area contributed by atoms with E-state index in [2.05, 4.69) is 38.7 Å². The van der Waals surface area contributed by atoms with Gasteiger partial charge in [-0.15, -0.1) is 0 Å². The van der Waals surface area contributed by atoms with E-state index >= 15 is 0 Å². The van der Waals surface area contributed by atoms with Crippen molar-refractivity contribution in [3.8, 4) is 0 Å². The molecule has 1 unspecified atom stereocenters. The molecule has 2 aromatic rings. The normalized spacial score (nSPS) is 21.6. The fourth-order valence-corrected chi connectivity index (χ4v) is 3.08. The summed E-state index contributed by atoms with van der Waals surface area (Å²) in [5.41, 5.74) is 1.78. The Morgan fingerprint density at radius 1 is 1.29 bits per heavy atom. The van der Waals surface area contributed by atoms with Crippen LogP contribution in [0.4, 0.5) is 0 Å². The summed E-state index contributed by atoms with van der Waals surface area (Å²) in [6, 6.07) is 12.1. The lowest BCUT2D eigenvalue weighted by molar-refractivity contribution is 0.345. The average molecular weight is 348 g/mol. The summed E-state index contributed by atoms with van der Waals surface area (Å²) in [5, 5.41) is 6.86. The van der Waals surface area contributed by atoms with Crippen molar-refractivity contribution in [2.24, 2.45) is 0 Å². The molecule has 1 saturated heterocycles. The van der Waals surface area contributed by atoms with E-state index in [1.807, 2.05) is 37.4 Å². The van der Waals surface area contributed by atoms with Crippen LogP contribution in [-0.2, 0) is 12.1 Å². The molecular formula is C16H18BrN3O. The predicted molar refractivity (Wildman–Crippen MR) is 87.3 cm³/mol. The summed E-state index contributed by atoms with van der Waals surface area (Å²) in [4.78, 5) is 12.3. The molecule has 21 heavy (non-hydrogen) atoms. The van der Waals surface area contributed by atoms with Crippen molar-refractivity contribution in [2.45, 2.75) is 19.0 Å². The fraction of sp³-hybridized carbons (Fsp3) is 0.312. The second kappa shape index (κ2) is 5.75. The summed E-state index contributed by atoms with van der Waals surface area (Å²) in [7, 11) is 0. The first kappa shape index (κ1) is 14.5. The molecule has 1 aliphatic heterocycles. The largest absolute Gasteiger partial charge is 0.313 e. The predicted octanol–water partition coefficient (Wildman–Crippen LogP) is 1.97. The number of hydrogen-bond donors (Lipinski definition) is 2. The zero-order valence-electron chi connectivity index (χ0n) is 11.9. The van der Waals surface area contributed by atoms with Gasteiger partial charge in [0.05, 0.1) is 5.54 Å². The number of halogens is 1. The van der Waals surface area contributed by atoms with Crippen LogP contribution >= 0.6 is 15.9 Å². The van der Waals surface area contributed by atoms with Gasteiger partial charge in [-0.25, -0.2) is 0 Å². The van der Waals surface area contributed by atoms with E-state index in [9.17, 15) is 4.79 Å². The van der Waals surface area contributed by atoms with Crippen LogP contribution in [0.3, 0.4) is 0 Å². The lowest BCUT2D eigenvalue weighted by atomic mass is 9.90. The van der Waals surface area contributed by atoms with Crippen LogP contribution in [0.15, 0.2) is 51.9 Å². The highest BCUT2D eigenvalue weighted by atomic mass is 79.9. The molecule has 0 bridgehead atoms. The number of nitrogens with one attached hydrogen (secondary N) is 2. The molecule has 0 radical (unpaired) electrons. The second-order valence-corrected chi connectivity index (χ2v) is 6.41. The molecule has 0 spiro atoms. The fourth-order valence-electron chi connectivity index (χ4n) is 2.82. The van der Waals surface area contributed by atoms with Crippen LogP contribution in [0.2, 0.25) is 0 Å². The molecule has 4 nitrogen and oxygen atoms in total. The molecule has 2 N–H and O–H groups in total. The van der Waals surface area contributed by atoms with Crippen LogP contribution in [0, 0.1) is 6.92 Å². The quantitative estimate of drug-likeness (QED) is 0.892. The standard InChI is InChI=1S/C16H18BrN3O/c1-12-3-2-8-20(15(12)21)10-16(9-18-11-19-16)13-4-6-14(17)7-5-13/h2-8,18-19H,9-11H2,1H3. The van der Waals surface area contributed by atoms with Crippen LogP contribution in [0.25, 0.3) is 0 Å². The molecule has 5 heteroatoms. The topological polar surface area (TPSA) is 46.1 Å². The molecule has 1 fully saturated rings. The lowest BCUT2D eigenvalue weighted by Gasteiger charge is -2.30. The number of aryl methyl sites for hydroxylation is 1. The van der Waals surface area contributed by atoms with Crippen molar-refractivity contribution in [3.63, 3.8) is 0 Å². The van der Waals surface area contributed by atoms with Crippen LogP contribution in [-0.4, -0.2) is 17.8 Å². The third-order valence-corrected chi connectivity index (χ3v) is 4.55. The Labute approximate surface area is 132 Å². The number of nitrogens with zero attached hydrogens (tertiary/aromatic N) is 1. The van der Waals surface area contributed by atoms with Gasteiger partial charge in [0.25, 0.3) is 5.56 Å². The molecule has 0 saturated carbocycles. The Bertz CT molecular complexity index is 687. The minimum Gasteiger partial charge on any atom is -0.313 e. The monoisotopic (exact) mass is 347 g/mol. The maximum Gasteiger partial charge on any atom is 0.253 e. The second-order valence-electron chi connectivity index (χ2n) is 5.49. The molecular weight excluding hydrogens is 330 g/mol. The number of hydrogen-bond acceptors (Lipinski definition) is 3. The SMILES string of the molecule is Cc1cccn(CC2(c3ccc(Br)cc3)CNCN2)c1=O. The molecule has 0 aliphatic carbocycles. The number of benzene rings is 1. The van der Waals surface area contributed by atoms with Gasteiger partial charge in [0, 0.05) is 36.0 Å². The summed E-state index contributed by atoms with van der Waals surface area (Å²) in [5.74, 6) is 0. The first-order chi connectivity index (χ1) is 10.1. The van der Waals surface area contributed by atoms with Crippen molar-refractivity contribution in [2.75, 3.05) is 13.2 Å². The number of aromatic nitrogens is 1. The molecule has 2 heterocycles. The molecule has 0 amide bonds. The van der Waals surface area contributed by atoms with Crippen molar-refractivity contribution in [3.05, 3.63) is 68.5 Å². The maximum atomic E-state index is 12.3. The van der Waals surface area contributed by atoms with Gasteiger partial charge in [-0.3, -0.25) is 10.1 Å². The highest BCUT2D eigenvalue weighted by Crippen LogP contribution is 2.26. The first-order valence-corrected chi connectivity index (χ1v) is 7.78. The van der Waals surface area contributed by atoms with Crippen LogP contribution in [0.1, 0.15) is 11.1 Å². The van der Waals surface area contributed by atoms with Gasteiger partial charge in [-0.1, -0.05) is 34.1 Å². The van der Waals surface area contributed by atoms with Crippen molar-refractivity contribution >= 4 is 15.9 Å². The lowest BCUT2D eigenvalue weighted by Crippen LogP contribution is -2.45. The summed E-state index contributed by atoms with van der Waals surface area (Å²) < 4.78 is 2.84. The number of rotatable bonds is 3. The van der Waals surface area contributed by atoms with Crippen molar-refractivity contribution < 1.29 is 0 Å². The van der Waals surface area contributed by atoms with E-state index < -0.39 is 0 Å². The van der Waals surface area contributed by atoms with Gasteiger partial charge in [0.2, 0.25) is 0 Å². The zero-order chi connectivity index (χ0) is 14.9. The minimum atomic E-state index is -0.252. The van der Waals surface area contributed by atoms with Gasteiger partial charge in [0.15, 0.2) is 0 Å². The molecule has 110 valence electrons. The third kappa shape index (κ3) is 2.81.